The number of alkyl halides is 1. The summed E-state index contributed by atoms with van der Waals surface area (Å²) in [5.74, 6) is -0.0104. The van der Waals surface area contributed by atoms with Crippen molar-refractivity contribution in [3.8, 4) is 11.5 Å². The van der Waals surface area contributed by atoms with Crippen LogP contribution >= 0.6 is 0 Å². The van der Waals surface area contributed by atoms with Gasteiger partial charge < -0.3 is 25.4 Å². The highest BCUT2D eigenvalue weighted by Gasteiger charge is 2.23. The van der Waals surface area contributed by atoms with Gasteiger partial charge in [0.2, 0.25) is 5.91 Å². The first-order chi connectivity index (χ1) is 17.5. The summed E-state index contributed by atoms with van der Waals surface area (Å²) in [7, 11) is 3.05. The topological polar surface area (TPSA) is 113 Å². The van der Waals surface area contributed by atoms with Crippen LogP contribution in [0.15, 0.2) is 60.7 Å². The highest BCUT2D eigenvalue weighted by molar-refractivity contribution is 6.04. The van der Waals surface area contributed by atoms with Crippen molar-refractivity contribution in [1.82, 2.24) is 16.0 Å². The van der Waals surface area contributed by atoms with Crippen molar-refractivity contribution in [2.75, 3.05) is 27.4 Å². The molecule has 8 nitrogen and oxygen atoms in total. The van der Waals surface area contributed by atoms with Crippen molar-refractivity contribution in [3.05, 3.63) is 71.8 Å². The van der Waals surface area contributed by atoms with Gasteiger partial charge in [0.1, 0.15) is 30.1 Å². The summed E-state index contributed by atoms with van der Waals surface area (Å²) in [5, 5.41) is 17.3. The Morgan fingerprint density at radius 1 is 0.972 bits per heavy atom. The summed E-state index contributed by atoms with van der Waals surface area (Å²) in [5.41, 5.74) is 1.22. The number of amidine groups is 1. The standard InChI is InChI=1S/C27H31FN4O4/c1-35-23-12-6-10-19-14-21(24(36-2)15-20(19)23)26(33)32-22(11-7-13-30-25(29)16-28)27(34)31-17-18-8-4-3-5-9-18/h3-6,8-10,12,14-15,22H,7,11,13,16-17H2,1-2H3,(H2,29,30)(H,31,34)(H,32,33)/t22-/m0/s1. The third-order valence-corrected chi connectivity index (χ3v) is 5.70. The number of ether oxygens (including phenoxy) is 2. The van der Waals surface area contributed by atoms with Gasteiger partial charge in [-0.25, -0.2) is 4.39 Å². The van der Waals surface area contributed by atoms with E-state index in [2.05, 4.69) is 16.0 Å². The van der Waals surface area contributed by atoms with E-state index in [1.54, 1.807) is 19.2 Å². The number of amides is 2. The van der Waals surface area contributed by atoms with Gasteiger partial charge >= 0.3 is 0 Å². The second-order valence-corrected chi connectivity index (χ2v) is 8.14. The third kappa shape index (κ3) is 6.94. The Labute approximate surface area is 209 Å². The van der Waals surface area contributed by atoms with Gasteiger partial charge in [-0.3, -0.25) is 15.0 Å². The van der Waals surface area contributed by atoms with E-state index in [1.807, 2.05) is 48.5 Å². The summed E-state index contributed by atoms with van der Waals surface area (Å²) in [4.78, 5) is 26.3. The number of hydrogen-bond donors (Lipinski definition) is 4. The first-order valence-corrected chi connectivity index (χ1v) is 11.6. The molecule has 0 saturated carbocycles. The van der Waals surface area contributed by atoms with Gasteiger partial charge in [0.05, 0.1) is 19.8 Å². The Bertz CT molecular complexity index is 1200. The monoisotopic (exact) mass is 494 g/mol. The molecule has 3 aromatic rings. The quantitative estimate of drug-likeness (QED) is 0.175. The van der Waals surface area contributed by atoms with Crippen molar-refractivity contribution >= 4 is 28.4 Å². The van der Waals surface area contributed by atoms with Gasteiger partial charge in [0.15, 0.2) is 0 Å². The second kappa shape index (κ2) is 13.1. The first-order valence-electron chi connectivity index (χ1n) is 11.6. The summed E-state index contributed by atoms with van der Waals surface area (Å²) < 4.78 is 23.4. The van der Waals surface area contributed by atoms with Gasteiger partial charge in [-0.1, -0.05) is 42.5 Å². The number of carbonyl (C=O) groups is 2. The zero-order chi connectivity index (χ0) is 25.9. The molecule has 0 aromatic heterocycles. The summed E-state index contributed by atoms with van der Waals surface area (Å²) >= 11 is 0. The van der Waals surface area contributed by atoms with Crippen LogP contribution < -0.4 is 25.4 Å². The Kier molecular flexibility index (Phi) is 9.62. The van der Waals surface area contributed by atoms with E-state index in [4.69, 9.17) is 14.9 Å². The number of fused-ring (bicyclic) bond motifs is 1. The summed E-state index contributed by atoms with van der Waals surface area (Å²) in [6.45, 7) is -0.264. The van der Waals surface area contributed by atoms with Crippen molar-refractivity contribution < 1.29 is 23.5 Å². The number of hydrogen-bond acceptors (Lipinski definition) is 5. The van der Waals surface area contributed by atoms with Crippen LogP contribution in [0.3, 0.4) is 0 Å². The maximum absolute atomic E-state index is 13.3. The largest absolute Gasteiger partial charge is 0.496 e. The van der Waals surface area contributed by atoms with E-state index in [9.17, 15) is 14.0 Å². The number of rotatable bonds is 12. The third-order valence-electron chi connectivity index (χ3n) is 5.70. The van der Waals surface area contributed by atoms with Crippen molar-refractivity contribution in [3.63, 3.8) is 0 Å². The second-order valence-electron chi connectivity index (χ2n) is 8.14. The molecule has 0 aliphatic carbocycles. The fraction of sp³-hybridized carbons (Fsp3) is 0.296. The van der Waals surface area contributed by atoms with E-state index >= 15 is 0 Å². The molecule has 0 bridgehead atoms. The van der Waals surface area contributed by atoms with E-state index in [1.165, 1.54) is 7.11 Å². The molecule has 3 rings (SSSR count). The number of benzene rings is 3. The number of nitrogens with one attached hydrogen (secondary N) is 4. The normalized spacial score (nSPS) is 11.4. The van der Waals surface area contributed by atoms with Crippen LogP contribution in [-0.2, 0) is 11.3 Å². The lowest BCUT2D eigenvalue weighted by Gasteiger charge is -2.20. The zero-order valence-electron chi connectivity index (χ0n) is 20.4. The SMILES string of the molecule is COc1cc2c(OC)cccc2cc1C(=O)N[C@@H](CCCNC(=N)CF)C(=O)NCc1ccccc1. The molecule has 0 aliphatic heterocycles. The minimum atomic E-state index is -0.885. The molecule has 1 atom stereocenters. The van der Waals surface area contributed by atoms with Gasteiger partial charge in [-0.05, 0) is 42.0 Å². The molecule has 0 aliphatic rings. The van der Waals surface area contributed by atoms with Crippen LogP contribution in [0.2, 0.25) is 0 Å². The Morgan fingerprint density at radius 2 is 1.72 bits per heavy atom. The summed E-state index contributed by atoms with van der Waals surface area (Å²) in [6, 6.07) is 17.6. The van der Waals surface area contributed by atoms with E-state index in [0.29, 0.717) is 37.4 Å². The summed E-state index contributed by atoms with van der Waals surface area (Å²) in [6.07, 6.45) is 0.737. The molecule has 0 heterocycles. The fourth-order valence-corrected chi connectivity index (χ4v) is 3.81. The Morgan fingerprint density at radius 3 is 2.42 bits per heavy atom. The van der Waals surface area contributed by atoms with Gasteiger partial charge in [-0.2, -0.15) is 0 Å². The Hall–Kier alpha value is -4.14. The zero-order valence-corrected chi connectivity index (χ0v) is 20.4. The molecule has 9 heteroatoms. The highest BCUT2D eigenvalue weighted by atomic mass is 19.1. The molecule has 0 unspecified atom stereocenters. The van der Waals surface area contributed by atoms with Crippen molar-refractivity contribution in [2.24, 2.45) is 0 Å². The van der Waals surface area contributed by atoms with Crippen molar-refractivity contribution in [2.45, 2.75) is 25.4 Å². The maximum Gasteiger partial charge on any atom is 0.255 e. The molecule has 3 aromatic carbocycles. The van der Waals surface area contributed by atoms with Crippen LogP contribution in [0.4, 0.5) is 4.39 Å². The molecular weight excluding hydrogens is 463 g/mol. The lowest BCUT2D eigenvalue weighted by Crippen LogP contribution is -2.47. The predicted molar refractivity (Wildman–Crippen MR) is 138 cm³/mol. The number of methoxy groups -OCH3 is 2. The van der Waals surface area contributed by atoms with E-state index in [-0.39, 0.29) is 17.3 Å². The molecule has 4 N–H and O–H groups in total. The molecule has 2 amide bonds. The van der Waals surface area contributed by atoms with Crippen LogP contribution in [0, 0.1) is 5.41 Å². The predicted octanol–water partition coefficient (Wildman–Crippen LogP) is 3.59. The first kappa shape index (κ1) is 26.5. The molecule has 0 radical (unpaired) electrons. The average Bonchev–Trinajstić information content (AvgIpc) is 2.92. The number of carbonyl (C=O) groups excluding carboxylic acids is 2. The maximum atomic E-state index is 13.3. The van der Waals surface area contributed by atoms with Gasteiger partial charge in [0.25, 0.3) is 5.91 Å². The average molecular weight is 495 g/mol. The smallest absolute Gasteiger partial charge is 0.255 e. The molecule has 190 valence electrons. The van der Waals surface area contributed by atoms with Crippen molar-refractivity contribution in [1.29, 1.82) is 5.41 Å². The van der Waals surface area contributed by atoms with E-state index in [0.717, 1.165) is 16.3 Å². The number of halogens is 1. The van der Waals surface area contributed by atoms with Crippen LogP contribution in [-0.4, -0.2) is 51.1 Å². The molecular formula is C27H31FN4O4. The lowest BCUT2D eigenvalue weighted by atomic mass is 10.0. The molecule has 0 spiro atoms. The minimum absolute atomic E-state index is 0.222. The van der Waals surface area contributed by atoms with Gasteiger partial charge in [0, 0.05) is 18.5 Å². The highest BCUT2D eigenvalue weighted by Crippen LogP contribution is 2.32. The molecule has 0 fully saturated rings. The fourth-order valence-electron chi connectivity index (χ4n) is 3.81. The van der Waals surface area contributed by atoms with Gasteiger partial charge in [-0.15, -0.1) is 0 Å². The van der Waals surface area contributed by atoms with E-state index < -0.39 is 18.6 Å². The molecule has 36 heavy (non-hydrogen) atoms. The van der Waals surface area contributed by atoms with Crippen LogP contribution in [0.25, 0.3) is 10.8 Å². The Balaban J connectivity index is 1.78. The van der Waals surface area contributed by atoms with Crippen LogP contribution in [0.5, 0.6) is 11.5 Å². The van der Waals surface area contributed by atoms with Crippen LogP contribution in [0.1, 0.15) is 28.8 Å². The molecule has 0 saturated heterocycles. The minimum Gasteiger partial charge on any atom is -0.496 e. The lowest BCUT2D eigenvalue weighted by molar-refractivity contribution is -0.123.